The van der Waals surface area contributed by atoms with Crippen LogP contribution >= 0.6 is 0 Å². The van der Waals surface area contributed by atoms with Gasteiger partial charge >= 0.3 is 5.97 Å². The van der Waals surface area contributed by atoms with E-state index in [2.05, 4.69) is 10.6 Å². The summed E-state index contributed by atoms with van der Waals surface area (Å²) >= 11 is 0. The van der Waals surface area contributed by atoms with Gasteiger partial charge in [0.05, 0.1) is 12.5 Å². The SMILES string of the molecule is CC(C)(C)NCCC(=O)NC(CC(=O)O)c1ccccc1. The maximum absolute atomic E-state index is 12.0. The molecule has 5 nitrogen and oxygen atoms in total. The summed E-state index contributed by atoms with van der Waals surface area (Å²) in [5.74, 6) is -1.08. The molecule has 5 heteroatoms. The lowest BCUT2D eigenvalue weighted by Crippen LogP contribution is -2.39. The average molecular weight is 292 g/mol. The molecule has 0 aliphatic heterocycles. The van der Waals surface area contributed by atoms with Crippen LogP contribution in [0.5, 0.6) is 0 Å². The number of benzene rings is 1. The van der Waals surface area contributed by atoms with Crippen molar-refractivity contribution < 1.29 is 14.7 Å². The van der Waals surface area contributed by atoms with E-state index in [1.807, 2.05) is 51.1 Å². The van der Waals surface area contributed by atoms with Crippen molar-refractivity contribution in [2.24, 2.45) is 0 Å². The van der Waals surface area contributed by atoms with Crippen LogP contribution in [0.4, 0.5) is 0 Å². The van der Waals surface area contributed by atoms with Gasteiger partial charge in [0.1, 0.15) is 0 Å². The maximum atomic E-state index is 12.0. The zero-order chi connectivity index (χ0) is 15.9. The highest BCUT2D eigenvalue weighted by Crippen LogP contribution is 2.16. The lowest BCUT2D eigenvalue weighted by molar-refractivity contribution is -0.137. The van der Waals surface area contributed by atoms with Crippen LogP contribution in [0.25, 0.3) is 0 Å². The van der Waals surface area contributed by atoms with Crippen molar-refractivity contribution in [3.05, 3.63) is 35.9 Å². The lowest BCUT2D eigenvalue weighted by atomic mass is 10.0. The average Bonchev–Trinajstić information content (AvgIpc) is 2.37. The van der Waals surface area contributed by atoms with Gasteiger partial charge in [-0.25, -0.2) is 0 Å². The molecule has 0 spiro atoms. The van der Waals surface area contributed by atoms with Gasteiger partial charge in [0.2, 0.25) is 5.91 Å². The van der Waals surface area contributed by atoms with Gasteiger partial charge in [-0.2, -0.15) is 0 Å². The van der Waals surface area contributed by atoms with E-state index in [1.54, 1.807) is 0 Å². The molecule has 21 heavy (non-hydrogen) atoms. The quantitative estimate of drug-likeness (QED) is 0.719. The highest BCUT2D eigenvalue weighted by molar-refractivity contribution is 5.77. The Morgan fingerprint density at radius 2 is 1.81 bits per heavy atom. The molecule has 1 aromatic rings. The molecule has 116 valence electrons. The second kappa shape index (κ2) is 7.78. The van der Waals surface area contributed by atoms with Crippen LogP contribution in [-0.2, 0) is 9.59 Å². The summed E-state index contributed by atoms with van der Waals surface area (Å²) < 4.78 is 0. The smallest absolute Gasteiger partial charge is 0.305 e. The van der Waals surface area contributed by atoms with Crippen LogP contribution in [0.2, 0.25) is 0 Å². The van der Waals surface area contributed by atoms with E-state index in [-0.39, 0.29) is 17.9 Å². The third-order valence-electron chi connectivity index (χ3n) is 2.92. The fourth-order valence-corrected chi connectivity index (χ4v) is 1.93. The molecule has 0 aliphatic carbocycles. The molecular weight excluding hydrogens is 268 g/mol. The summed E-state index contributed by atoms with van der Waals surface area (Å²) in [6.07, 6.45) is 0.197. The highest BCUT2D eigenvalue weighted by atomic mass is 16.4. The van der Waals surface area contributed by atoms with E-state index in [9.17, 15) is 9.59 Å². The standard InChI is InChI=1S/C16H24N2O3/c1-16(2,3)17-10-9-14(19)18-13(11-15(20)21)12-7-5-4-6-8-12/h4-8,13,17H,9-11H2,1-3H3,(H,18,19)(H,20,21). The molecule has 0 saturated carbocycles. The van der Waals surface area contributed by atoms with Crippen LogP contribution in [0.15, 0.2) is 30.3 Å². The second-order valence-electron chi connectivity index (χ2n) is 6.06. The number of carboxylic acid groups (broad SMARTS) is 1. The summed E-state index contributed by atoms with van der Waals surface area (Å²) in [5, 5.41) is 15.0. The highest BCUT2D eigenvalue weighted by Gasteiger charge is 2.18. The van der Waals surface area contributed by atoms with Gasteiger partial charge in [-0.3, -0.25) is 9.59 Å². The Balaban J connectivity index is 2.57. The fraction of sp³-hybridized carbons (Fsp3) is 0.500. The molecule has 0 bridgehead atoms. The number of carbonyl (C=O) groups is 2. The topological polar surface area (TPSA) is 78.4 Å². The number of rotatable bonds is 7. The van der Waals surface area contributed by atoms with Crippen LogP contribution in [-0.4, -0.2) is 29.1 Å². The Labute approximate surface area is 125 Å². The van der Waals surface area contributed by atoms with Crippen molar-refractivity contribution in [2.45, 2.75) is 45.2 Å². The van der Waals surface area contributed by atoms with Crippen molar-refractivity contribution in [3.63, 3.8) is 0 Å². The Morgan fingerprint density at radius 1 is 1.19 bits per heavy atom. The first-order chi connectivity index (χ1) is 9.78. The van der Waals surface area contributed by atoms with Crippen molar-refractivity contribution in [2.75, 3.05) is 6.54 Å². The minimum atomic E-state index is -0.933. The van der Waals surface area contributed by atoms with Gasteiger partial charge in [-0.05, 0) is 26.3 Å². The predicted octanol–water partition coefficient (Wildman–Crippen LogP) is 2.10. The monoisotopic (exact) mass is 292 g/mol. The van der Waals surface area contributed by atoms with E-state index >= 15 is 0 Å². The number of amides is 1. The molecular formula is C16H24N2O3. The predicted molar refractivity (Wildman–Crippen MR) is 82.0 cm³/mol. The molecule has 1 rings (SSSR count). The minimum absolute atomic E-state index is 0.0415. The van der Waals surface area contributed by atoms with E-state index in [0.29, 0.717) is 13.0 Å². The van der Waals surface area contributed by atoms with Gasteiger partial charge in [-0.15, -0.1) is 0 Å². The van der Waals surface area contributed by atoms with Crippen LogP contribution < -0.4 is 10.6 Å². The summed E-state index contributed by atoms with van der Waals surface area (Å²) in [5.41, 5.74) is 0.761. The number of hydrogen-bond acceptors (Lipinski definition) is 3. The summed E-state index contributed by atoms with van der Waals surface area (Å²) in [4.78, 5) is 22.9. The number of hydrogen-bond donors (Lipinski definition) is 3. The lowest BCUT2D eigenvalue weighted by Gasteiger charge is -2.21. The Hall–Kier alpha value is -1.88. The van der Waals surface area contributed by atoms with Crippen LogP contribution in [0.1, 0.15) is 45.2 Å². The van der Waals surface area contributed by atoms with Crippen molar-refractivity contribution >= 4 is 11.9 Å². The minimum Gasteiger partial charge on any atom is -0.481 e. The normalized spacial score (nSPS) is 12.7. The number of carbonyl (C=O) groups excluding carboxylic acids is 1. The molecule has 1 unspecified atom stereocenters. The third kappa shape index (κ3) is 7.46. The first-order valence-electron chi connectivity index (χ1n) is 7.09. The van der Waals surface area contributed by atoms with E-state index in [4.69, 9.17) is 5.11 Å². The zero-order valence-electron chi connectivity index (χ0n) is 12.8. The molecule has 0 radical (unpaired) electrons. The molecule has 0 heterocycles. The summed E-state index contributed by atoms with van der Waals surface area (Å²) in [6.45, 7) is 6.65. The Kier molecular flexibility index (Phi) is 6.37. The summed E-state index contributed by atoms with van der Waals surface area (Å²) in [7, 11) is 0. The molecule has 0 aliphatic rings. The van der Waals surface area contributed by atoms with E-state index in [0.717, 1.165) is 5.56 Å². The molecule has 0 fully saturated rings. The Morgan fingerprint density at radius 3 is 2.33 bits per heavy atom. The first kappa shape index (κ1) is 17.2. The number of carboxylic acids is 1. The van der Waals surface area contributed by atoms with E-state index < -0.39 is 12.0 Å². The van der Waals surface area contributed by atoms with Gasteiger partial charge in [0.15, 0.2) is 0 Å². The van der Waals surface area contributed by atoms with Gasteiger partial charge in [-0.1, -0.05) is 30.3 Å². The van der Waals surface area contributed by atoms with E-state index in [1.165, 1.54) is 0 Å². The van der Waals surface area contributed by atoms with Gasteiger partial charge in [0, 0.05) is 18.5 Å². The van der Waals surface area contributed by atoms with Gasteiger partial charge < -0.3 is 15.7 Å². The molecule has 1 amide bonds. The van der Waals surface area contributed by atoms with Crippen LogP contribution in [0, 0.1) is 0 Å². The van der Waals surface area contributed by atoms with Crippen molar-refractivity contribution in [3.8, 4) is 0 Å². The Bertz CT molecular complexity index is 466. The molecule has 0 saturated heterocycles. The molecule has 0 aromatic heterocycles. The number of nitrogens with one attached hydrogen (secondary N) is 2. The largest absolute Gasteiger partial charge is 0.481 e. The second-order valence-corrected chi connectivity index (χ2v) is 6.06. The third-order valence-corrected chi connectivity index (χ3v) is 2.92. The van der Waals surface area contributed by atoms with Crippen molar-refractivity contribution in [1.82, 2.24) is 10.6 Å². The maximum Gasteiger partial charge on any atom is 0.305 e. The molecule has 1 aromatic carbocycles. The van der Waals surface area contributed by atoms with Crippen LogP contribution in [0.3, 0.4) is 0 Å². The molecule has 3 N–H and O–H groups in total. The first-order valence-corrected chi connectivity index (χ1v) is 7.09. The van der Waals surface area contributed by atoms with Gasteiger partial charge in [0.25, 0.3) is 0 Å². The molecule has 1 atom stereocenters. The van der Waals surface area contributed by atoms with Crippen molar-refractivity contribution in [1.29, 1.82) is 0 Å². The fourth-order valence-electron chi connectivity index (χ4n) is 1.93. The summed E-state index contributed by atoms with van der Waals surface area (Å²) in [6, 6.07) is 8.67. The number of aliphatic carboxylic acids is 1. The zero-order valence-corrected chi connectivity index (χ0v) is 12.8.